The number of thiophene rings is 1. The monoisotopic (exact) mass is 732 g/mol. The summed E-state index contributed by atoms with van der Waals surface area (Å²) < 4.78 is 4.78. The average Bonchev–Trinajstić information content (AvgIpc) is 3.83. The first-order valence-corrected chi connectivity index (χ1v) is 19.6. The lowest BCUT2D eigenvalue weighted by Crippen LogP contribution is -2.04. The summed E-state index contributed by atoms with van der Waals surface area (Å²) in [5.74, 6) is 1.90. The second kappa shape index (κ2) is 13.3. The SMILES string of the molecule is c1ccc(-c2ccc(-c3nc(-c4ccccc4)nc(-c4cccc5c4sc4c(-c6ccccc6)cccc45)n3)c(-n3c4ccccc4c4ccccc43)c2)cc1. The van der Waals surface area contributed by atoms with Gasteiger partial charge in [0.25, 0.3) is 0 Å². The van der Waals surface area contributed by atoms with Crippen molar-refractivity contribution in [3.8, 4) is 62.1 Å². The topological polar surface area (TPSA) is 43.6 Å². The Labute approximate surface area is 327 Å². The molecule has 3 aromatic heterocycles. The quantitative estimate of drug-likeness (QED) is 0.171. The van der Waals surface area contributed by atoms with Gasteiger partial charge in [0, 0.05) is 47.6 Å². The summed E-state index contributed by atoms with van der Waals surface area (Å²) in [5.41, 5.74) is 10.8. The van der Waals surface area contributed by atoms with Crippen LogP contribution in [0.5, 0.6) is 0 Å². The molecular formula is C51H32N4S. The van der Waals surface area contributed by atoms with Crippen LogP contribution < -0.4 is 0 Å². The molecule has 11 aromatic rings. The second-order valence-electron chi connectivity index (χ2n) is 14.0. The van der Waals surface area contributed by atoms with E-state index in [4.69, 9.17) is 15.0 Å². The Kier molecular flexibility index (Phi) is 7.64. The lowest BCUT2D eigenvalue weighted by atomic mass is 10.0. The van der Waals surface area contributed by atoms with E-state index in [9.17, 15) is 0 Å². The maximum Gasteiger partial charge on any atom is 0.166 e. The zero-order valence-corrected chi connectivity index (χ0v) is 31.0. The molecule has 0 aliphatic carbocycles. The number of aromatic nitrogens is 4. The molecule has 0 atom stereocenters. The number of nitrogens with zero attached hydrogens (tertiary/aromatic N) is 4. The van der Waals surface area contributed by atoms with Gasteiger partial charge >= 0.3 is 0 Å². The summed E-state index contributed by atoms with van der Waals surface area (Å²) in [4.78, 5) is 15.9. The molecule has 0 aliphatic rings. The van der Waals surface area contributed by atoms with Crippen molar-refractivity contribution in [3.63, 3.8) is 0 Å². The van der Waals surface area contributed by atoms with Crippen LogP contribution in [-0.2, 0) is 0 Å². The van der Waals surface area contributed by atoms with E-state index in [0.717, 1.165) is 49.2 Å². The summed E-state index contributed by atoms with van der Waals surface area (Å²) in [7, 11) is 0. The van der Waals surface area contributed by atoms with Crippen molar-refractivity contribution in [2.75, 3.05) is 0 Å². The van der Waals surface area contributed by atoms with E-state index in [1.54, 1.807) is 11.3 Å². The third kappa shape index (κ3) is 5.32. The van der Waals surface area contributed by atoms with E-state index >= 15 is 0 Å². The van der Waals surface area contributed by atoms with Crippen LogP contribution in [0.1, 0.15) is 0 Å². The van der Waals surface area contributed by atoms with Crippen molar-refractivity contribution >= 4 is 53.3 Å². The zero-order valence-electron chi connectivity index (χ0n) is 30.2. The highest BCUT2D eigenvalue weighted by atomic mass is 32.1. The maximum atomic E-state index is 5.40. The number of hydrogen-bond donors (Lipinski definition) is 0. The minimum absolute atomic E-state index is 0.619. The molecule has 0 fully saturated rings. The predicted octanol–water partition coefficient (Wildman–Crippen LogP) is 13.7. The van der Waals surface area contributed by atoms with E-state index < -0.39 is 0 Å². The van der Waals surface area contributed by atoms with Crippen molar-refractivity contribution in [2.45, 2.75) is 0 Å². The molecule has 8 aromatic carbocycles. The fourth-order valence-corrected chi connectivity index (χ4v) is 9.42. The molecule has 0 unspecified atom stereocenters. The van der Waals surface area contributed by atoms with Crippen LogP contribution in [0.25, 0.3) is 104 Å². The average molecular weight is 733 g/mol. The van der Waals surface area contributed by atoms with Crippen LogP contribution in [0.3, 0.4) is 0 Å². The van der Waals surface area contributed by atoms with Crippen molar-refractivity contribution in [3.05, 3.63) is 194 Å². The number of fused-ring (bicyclic) bond motifs is 6. The smallest absolute Gasteiger partial charge is 0.166 e. The van der Waals surface area contributed by atoms with Crippen LogP contribution in [0, 0.1) is 0 Å². The molecule has 0 saturated heterocycles. The Morgan fingerprint density at radius 2 is 0.804 bits per heavy atom. The Morgan fingerprint density at radius 3 is 1.45 bits per heavy atom. The molecule has 5 heteroatoms. The normalized spacial score (nSPS) is 11.6. The standard InChI is InChI=1S/C51H32N4S/c1-4-16-33(17-5-1)36-30-31-42(46(32-36)55-44-28-12-10-22-38(44)39-23-11-13-29-45(39)55)50-52-49(35-20-8-3-9-21-35)53-51(54-50)43-27-15-26-41-40-25-14-24-37(47(40)56-48(41)43)34-18-6-2-7-19-34/h1-32H. The summed E-state index contributed by atoms with van der Waals surface area (Å²) in [6, 6.07) is 68.5. The van der Waals surface area contributed by atoms with Crippen LogP contribution in [-0.4, -0.2) is 19.5 Å². The third-order valence-electron chi connectivity index (χ3n) is 10.7. The number of hydrogen-bond acceptors (Lipinski definition) is 4. The second-order valence-corrected chi connectivity index (χ2v) is 15.0. The lowest BCUT2D eigenvalue weighted by Gasteiger charge is -2.16. The number of benzene rings is 8. The molecule has 0 spiro atoms. The maximum absolute atomic E-state index is 5.40. The van der Waals surface area contributed by atoms with Gasteiger partial charge in [-0.15, -0.1) is 11.3 Å². The van der Waals surface area contributed by atoms with Crippen LogP contribution in [0.4, 0.5) is 0 Å². The Bertz CT molecular complexity index is 3190. The lowest BCUT2D eigenvalue weighted by molar-refractivity contribution is 1.07. The van der Waals surface area contributed by atoms with Gasteiger partial charge < -0.3 is 4.57 Å². The molecule has 262 valence electrons. The molecule has 11 rings (SSSR count). The highest BCUT2D eigenvalue weighted by Gasteiger charge is 2.22. The van der Waals surface area contributed by atoms with Crippen molar-refractivity contribution in [2.24, 2.45) is 0 Å². The number of rotatable bonds is 6. The highest BCUT2D eigenvalue weighted by molar-refractivity contribution is 7.26. The van der Waals surface area contributed by atoms with Crippen molar-refractivity contribution in [1.29, 1.82) is 0 Å². The molecule has 56 heavy (non-hydrogen) atoms. The predicted molar refractivity (Wildman–Crippen MR) is 234 cm³/mol. The van der Waals surface area contributed by atoms with Crippen LogP contribution in [0.2, 0.25) is 0 Å². The van der Waals surface area contributed by atoms with Crippen molar-refractivity contribution in [1.82, 2.24) is 19.5 Å². The fraction of sp³-hybridized carbons (Fsp3) is 0. The van der Waals surface area contributed by atoms with Crippen LogP contribution >= 0.6 is 11.3 Å². The van der Waals surface area contributed by atoms with E-state index in [1.807, 2.05) is 18.2 Å². The molecular weight excluding hydrogens is 701 g/mol. The Morgan fingerprint density at radius 1 is 0.321 bits per heavy atom. The van der Waals surface area contributed by atoms with E-state index in [0.29, 0.717) is 17.5 Å². The summed E-state index contributed by atoms with van der Waals surface area (Å²) >= 11 is 1.81. The van der Waals surface area contributed by atoms with Crippen LogP contribution in [0.15, 0.2) is 194 Å². The molecule has 0 N–H and O–H groups in total. The van der Waals surface area contributed by atoms with E-state index in [2.05, 4.69) is 180 Å². The van der Waals surface area contributed by atoms with Gasteiger partial charge in [0.05, 0.1) is 16.7 Å². The largest absolute Gasteiger partial charge is 0.308 e. The van der Waals surface area contributed by atoms with Gasteiger partial charge in [0.15, 0.2) is 17.5 Å². The molecule has 0 bridgehead atoms. The minimum Gasteiger partial charge on any atom is -0.308 e. The first-order chi connectivity index (χ1) is 27.8. The summed E-state index contributed by atoms with van der Waals surface area (Å²) in [6.07, 6.45) is 0. The molecule has 0 radical (unpaired) electrons. The van der Waals surface area contributed by atoms with Gasteiger partial charge in [0.1, 0.15) is 0 Å². The zero-order chi connectivity index (χ0) is 37.0. The Hall–Kier alpha value is -7.21. The highest BCUT2D eigenvalue weighted by Crippen LogP contribution is 2.44. The molecule has 0 aliphatic heterocycles. The van der Waals surface area contributed by atoms with Gasteiger partial charge in [0.2, 0.25) is 0 Å². The van der Waals surface area contributed by atoms with Gasteiger partial charge in [-0.25, -0.2) is 15.0 Å². The van der Waals surface area contributed by atoms with Gasteiger partial charge in [-0.3, -0.25) is 0 Å². The summed E-state index contributed by atoms with van der Waals surface area (Å²) in [6.45, 7) is 0. The molecule has 0 amide bonds. The first-order valence-electron chi connectivity index (χ1n) is 18.8. The molecule has 4 nitrogen and oxygen atoms in total. The summed E-state index contributed by atoms with van der Waals surface area (Å²) in [5, 5.41) is 4.83. The minimum atomic E-state index is 0.619. The Balaban J connectivity index is 1.19. The first kappa shape index (κ1) is 32.2. The molecule has 0 saturated carbocycles. The van der Waals surface area contributed by atoms with E-state index in [-0.39, 0.29) is 0 Å². The fourth-order valence-electron chi connectivity index (χ4n) is 8.07. The van der Waals surface area contributed by atoms with Gasteiger partial charge in [-0.1, -0.05) is 164 Å². The van der Waals surface area contributed by atoms with Crippen molar-refractivity contribution < 1.29 is 0 Å². The number of para-hydroxylation sites is 2. The van der Waals surface area contributed by atoms with Gasteiger partial charge in [-0.2, -0.15) is 0 Å². The van der Waals surface area contributed by atoms with Gasteiger partial charge in [-0.05, 0) is 52.6 Å². The molecule has 3 heterocycles. The third-order valence-corrected chi connectivity index (χ3v) is 12.0. The van der Waals surface area contributed by atoms with E-state index in [1.165, 1.54) is 37.4 Å².